The zero-order chi connectivity index (χ0) is 15.4. The molecule has 0 radical (unpaired) electrons. The highest BCUT2D eigenvalue weighted by Gasteiger charge is 2.20. The molecule has 21 heavy (non-hydrogen) atoms. The minimum atomic E-state index is 0.247. The largest absolute Gasteiger partial charge is 0.139 e. The van der Waals surface area contributed by atoms with Crippen LogP contribution >= 0.6 is 34.0 Å². The second-order valence-corrected chi connectivity index (χ2v) is 10.9. The molecule has 0 aromatic carbocycles. The van der Waals surface area contributed by atoms with E-state index in [9.17, 15) is 0 Å². The molecule has 0 bridgehead atoms. The van der Waals surface area contributed by atoms with E-state index in [1.54, 1.807) is 0 Å². The lowest BCUT2D eigenvalue weighted by atomic mass is 9.95. The van der Waals surface area contributed by atoms with E-state index in [0.29, 0.717) is 0 Å². The Balaban J connectivity index is 1.98. The summed E-state index contributed by atoms with van der Waals surface area (Å²) in [7, 11) is 0. The van der Waals surface area contributed by atoms with E-state index in [2.05, 4.69) is 65.8 Å². The van der Waals surface area contributed by atoms with E-state index in [1.165, 1.54) is 28.9 Å². The molecular weight excluding hydrogens is 312 g/mol. The molecule has 0 saturated heterocycles. The Morgan fingerprint density at radius 3 is 1.76 bits per heavy atom. The van der Waals surface area contributed by atoms with E-state index in [1.807, 2.05) is 34.0 Å². The first kappa shape index (κ1) is 15.3. The van der Waals surface area contributed by atoms with Crippen LogP contribution < -0.4 is 0 Å². The van der Waals surface area contributed by atoms with E-state index < -0.39 is 0 Å². The first-order chi connectivity index (χ1) is 9.64. The van der Waals surface area contributed by atoms with E-state index in [4.69, 9.17) is 0 Å². The first-order valence-corrected chi connectivity index (χ1v) is 9.74. The molecule has 0 saturated carbocycles. The van der Waals surface area contributed by atoms with Gasteiger partial charge in [-0.3, -0.25) is 0 Å². The zero-order valence-corrected chi connectivity index (χ0v) is 16.0. The SMILES string of the molecule is CC(C)(C)c1ccc(-c2cc3sc(C(C)(C)C)cc3s2)s1. The predicted molar refractivity (Wildman–Crippen MR) is 100 cm³/mol. The molecule has 0 N–H and O–H groups in total. The maximum atomic E-state index is 2.38. The second kappa shape index (κ2) is 4.94. The molecule has 3 heteroatoms. The van der Waals surface area contributed by atoms with Gasteiger partial charge >= 0.3 is 0 Å². The van der Waals surface area contributed by atoms with Gasteiger partial charge in [0.15, 0.2) is 0 Å². The Kier molecular flexibility index (Phi) is 3.59. The van der Waals surface area contributed by atoms with Crippen LogP contribution in [0.3, 0.4) is 0 Å². The molecule has 0 atom stereocenters. The van der Waals surface area contributed by atoms with Crippen LogP contribution in [0.25, 0.3) is 19.2 Å². The first-order valence-electron chi connectivity index (χ1n) is 7.29. The highest BCUT2D eigenvalue weighted by atomic mass is 32.1. The lowest BCUT2D eigenvalue weighted by Gasteiger charge is -2.15. The molecule has 0 spiro atoms. The summed E-state index contributed by atoms with van der Waals surface area (Å²) < 4.78 is 2.87. The molecule has 0 aliphatic carbocycles. The van der Waals surface area contributed by atoms with Crippen LogP contribution in [0.5, 0.6) is 0 Å². The summed E-state index contributed by atoms with van der Waals surface area (Å²) in [5.74, 6) is 0. The monoisotopic (exact) mass is 334 g/mol. The molecule has 0 aliphatic heterocycles. The Bertz CT molecular complexity index is 738. The van der Waals surface area contributed by atoms with Gasteiger partial charge in [0.1, 0.15) is 0 Å². The molecule has 3 heterocycles. The van der Waals surface area contributed by atoms with Crippen molar-refractivity contribution in [1.82, 2.24) is 0 Å². The predicted octanol–water partition coefficient (Wildman–Crippen LogP) is 7.29. The normalized spacial score (nSPS) is 13.2. The quantitative estimate of drug-likeness (QED) is 0.438. The fourth-order valence-electron chi connectivity index (χ4n) is 2.20. The summed E-state index contributed by atoms with van der Waals surface area (Å²) in [5, 5.41) is 0. The van der Waals surface area contributed by atoms with Gasteiger partial charge in [0.2, 0.25) is 0 Å². The fourth-order valence-corrected chi connectivity index (χ4v) is 5.80. The maximum Gasteiger partial charge on any atom is 0.0463 e. The Morgan fingerprint density at radius 1 is 0.619 bits per heavy atom. The fraction of sp³-hybridized carbons (Fsp3) is 0.444. The van der Waals surface area contributed by atoms with Crippen LogP contribution in [-0.2, 0) is 10.8 Å². The van der Waals surface area contributed by atoms with E-state index in [0.717, 1.165) is 0 Å². The average molecular weight is 335 g/mol. The molecule has 0 amide bonds. The Labute approximate surface area is 139 Å². The van der Waals surface area contributed by atoms with Gasteiger partial charge in [-0.1, -0.05) is 41.5 Å². The lowest BCUT2D eigenvalue weighted by molar-refractivity contribution is 0.604. The third-order valence-corrected chi connectivity index (χ3v) is 7.96. The Morgan fingerprint density at radius 2 is 1.24 bits per heavy atom. The van der Waals surface area contributed by atoms with Crippen molar-refractivity contribution < 1.29 is 0 Å². The number of hydrogen-bond acceptors (Lipinski definition) is 3. The van der Waals surface area contributed by atoms with Gasteiger partial charge in [0, 0.05) is 28.9 Å². The van der Waals surface area contributed by atoms with Gasteiger partial charge in [-0.15, -0.1) is 34.0 Å². The van der Waals surface area contributed by atoms with Crippen LogP contribution in [0.15, 0.2) is 24.3 Å². The van der Waals surface area contributed by atoms with Crippen LogP contribution in [0.2, 0.25) is 0 Å². The average Bonchev–Trinajstić information content (AvgIpc) is 2.99. The van der Waals surface area contributed by atoms with Crippen molar-refractivity contribution in [2.75, 3.05) is 0 Å². The van der Waals surface area contributed by atoms with Crippen LogP contribution in [-0.4, -0.2) is 0 Å². The number of thiophene rings is 3. The van der Waals surface area contributed by atoms with Crippen molar-refractivity contribution in [2.45, 2.75) is 52.4 Å². The van der Waals surface area contributed by atoms with Crippen LogP contribution in [0.4, 0.5) is 0 Å². The molecule has 0 nitrogen and oxygen atoms in total. The molecular formula is C18H22S3. The molecule has 3 aromatic heterocycles. The van der Waals surface area contributed by atoms with Crippen LogP contribution in [0.1, 0.15) is 51.3 Å². The van der Waals surface area contributed by atoms with E-state index in [-0.39, 0.29) is 10.8 Å². The van der Waals surface area contributed by atoms with E-state index >= 15 is 0 Å². The second-order valence-electron chi connectivity index (χ2n) is 7.61. The third kappa shape index (κ3) is 2.96. The van der Waals surface area contributed by atoms with Gasteiger partial charge < -0.3 is 0 Å². The van der Waals surface area contributed by atoms with Gasteiger partial charge in [-0.05, 0) is 35.1 Å². The molecule has 0 unspecified atom stereocenters. The highest BCUT2D eigenvalue weighted by molar-refractivity contribution is 7.31. The molecule has 3 rings (SSSR count). The van der Waals surface area contributed by atoms with Crippen molar-refractivity contribution in [3.05, 3.63) is 34.0 Å². The maximum absolute atomic E-state index is 2.38. The highest BCUT2D eigenvalue weighted by Crippen LogP contribution is 2.44. The summed E-state index contributed by atoms with van der Waals surface area (Å²) in [4.78, 5) is 5.77. The standard InChI is InChI=1S/C18H22S3/c1-17(2,3)15-8-7-11(20-15)12-9-13-14(19-12)10-16(21-13)18(4,5)6/h7-10H,1-6H3. The third-order valence-electron chi connectivity index (χ3n) is 3.53. The minimum absolute atomic E-state index is 0.247. The van der Waals surface area contributed by atoms with Gasteiger partial charge in [-0.2, -0.15) is 0 Å². The summed E-state index contributed by atoms with van der Waals surface area (Å²) in [5.41, 5.74) is 0.503. The number of rotatable bonds is 1. The van der Waals surface area contributed by atoms with Crippen molar-refractivity contribution in [1.29, 1.82) is 0 Å². The van der Waals surface area contributed by atoms with Crippen LogP contribution in [0, 0.1) is 0 Å². The molecule has 0 fully saturated rings. The topological polar surface area (TPSA) is 0 Å². The molecule has 112 valence electrons. The Hall–Kier alpha value is -0.640. The van der Waals surface area contributed by atoms with Gasteiger partial charge in [-0.25, -0.2) is 0 Å². The smallest absolute Gasteiger partial charge is 0.0463 e. The number of fused-ring (bicyclic) bond motifs is 1. The summed E-state index contributed by atoms with van der Waals surface area (Å²) in [6.07, 6.45) is 0. The zero-order valence-electron chi connectivity index (χ0n) is 13.5. The van der Waals surface area contributed by atoms with Crippen molar-refractivity contribution in [3.63, 3.8) is 0 Å². The van der Waals surface area contributed by atoms with Crippen molar-refractivity contribution in [3.8, 4) is 9.75 Å². The molecule has 3 aromatic rings. The van der Waals surface area contributed by atoms with Crippen molar-refractivity contribution in [2.24, 2.45) is 0 Å². The number of hydrogen-bond donors (Lipinski definition) is 0. The van der Waals surface area contributed by atoms with Crippen molar-refractivity contribution >= 4 is 43.4 Å². The summed E-state index contributed by atoms with van der Waals surface area (Å²) in [6.45, 7) is 13.7. The lowest BCUT2D eigenvalue weighted by Crippen LogP contribution is -2.07. The minimum Gasteiger partial charge on any atom is -0.139 e. The summed E-state index contributed by atoms with van der Waals surface area (Å²) in [6, 6.07) is 9.32. The van der Waals surface area contributed by atoms with Gasteiger partial charge in [0.25, 0.3) is 0 Å². The summed E-state index contributed by atoms with van der Waals surface area (Å²) >= 11 is 5.82. The molecule has 0 aliphatic rings. The van der Waals surface area contributed by atoms with Gasteiger partial charge in [0.05, 0.1) is 0 Å².